The number of hydrogen-bond donors (Lipinski definition) is 0. The fraction of sp³-hybridized carbons (Fsp3) is 0.167. The first-order valence-corrected chi connectivity index (χ1v) is 8.66. The van der Waals surface area contributed by atoms with Gasteiger partial charge in [0, 0.05) is 25.1 Å². The average Bonchev–Trinajstić information content (AvgIpc) is 3.20. The first-order valence-electron chi connectivity index (χ1n) is 7.84. The first-order chi connectivity index (χ1) is 12.3. The zero-order chi connectivity index (χ0) is 17.1. The molecule has 3 aromatic heterocycles. The second kappa shape index (κ2) is 7.00. The predicted octanol–water partition coefficient (Wildman–Crippen LogP) is 3.83. The Morgan fingerprint density at radius 3 is 2.76 bits per heavy atom. The van der Waals surface area contributed by atoms with Crippen LogP contribution in [0.15, 0.2) is 55.0 Å². The van der Waals surface area contributed by atoms with Gasteiger partial charge in [-0.15, -0.1) is 5.10 Å². The van der Waals surface area contributed by atoms with Gasteiger partial charge in [-0.05, 0) is 47.6 Å². The molecule has 126 valence electrons. The number of rotatable bonds is 6. The Morgan fingerprint density at radius 1 is 1.16 bits per heavy atom. The van der Waals surface area contributed by atoms with Crippen molar-refractivity contribution in [3.05, 3.63) is 60.6 Å². The van der Waals surface area contributed by atoms with E-state index in [9.17, 15) is 0 Å². The number of benzene rings is 1. The second-order valence-corrected chi connectivity index (χ2v) is 6.37. The molecule has 0 atom stereocenters. The molecule has 0 spiro atoms. The maximum atomic E-state index is 5.83. The number of hydrogen-bond acceptors (Lipinski definition) is 6. The van der Waals surface area contributed by atoms with Gasteiger partial charge in [0.25, 0.3) is 5.19 Å². The summed E-state index contributed by atoms with van der Waals surface area (Å²) in [6, 6.07) is 11.8. The highest BCUT2D eigenvalue weighted by atomic mass is 32.1. The van der Waals surface area contributed by atoms with Crippen LogP contribution in [-0.4, -0.2) is 33.3 Å². The Bertz CT molecular complexity index is 932. The predicted molar refractivity (Wildman–Crippen MR) is 96.2 cm³/mol. The lowest BCUT2D eigenvalue weighted by molar-refractivity contribution is 0.202. The van der Waals surface area contributed by atoms with Crippen molar-refractivity contribution >= 4 is 16.3 Å². The summed E-state index contributed by atoms with van der Waals surface area (Å²) in [7, 11) is 1.70. The molecule has 0 aliphatic heterocycles. The minimum absolute atomic E-state index is 0.560. The molecule has 0 fully saturated rings. The molecule has 0 N–H and O–H groups in total. The Balaban J connectivity index is 1.50. The van der Waals surface area contributed by atoms with Gasteiger partial charge in [0.15, 0.2) is 0 Å². The van der Waals surface area contributed by atoms with Crippen LogP contribution in [0.5, 0.6) is 10.9 Å². The largest absolute Gasteiger partial charge is 0.430 e. The third-order valence-corrected chi connectivity index (χ3v) is 4.51. The molecule has 3 heterocycles. The fourth-order valence-corrected chi connectivity index (χ4v) is 3.18. The van der Waals surface area contributed by atoms with E-state index in [4.69, 9.17) is 9.47 Å². The van der Waals surface area contributed by atoms with Crippen molar-refractivity contribution in [2.75, 3.05) is 13.7 Å². The van der Waals surface area contributed by atoms with Gasteiger partial charge in [-0.25, -0.2) is 9.50 Å². The van der Waals surface area contributed by atoms with E-state index >= 15 is 0 Å². The summed E-state index contributed by atoms with van der Waals surface area (Å²) in [6.45, 7) is 0.711. The summed E-state index contributed by atoms with van der Waals surface area (Å²) in [6.07, 6.45) is 6.30. The van der Waals surface area contributed by atoms with Crippen LogP contribution < -0.4 is 4.74 Å². The van der Waals surface area contributed by atoms with Crippen molar-refractivity contribution in [1.82, 2.24) is 19.6 Å². The second-order valence-electron chi connectivity index (χ2n) is 5.45. The zero-order valence-corrected chi connectivity index (χ0v) is 14.4. The minimum atomic E-state index is 0.560. The van der Waals surface area contributed by atoms with Crippen LogP contribution in [0, 0.1) is 0 Å². The quantitative estimate of drug-likeness (QED) is 0.528. The van der Waals surface area contributed by atoms with Gasteiger partial charge in [0.2, 0.25) is 4.96 Å². The number of methoxy groups -OCH3 is 1. The maximum Gasteiger partial charge on any atom is 0.299 e. The van der Waals surface area contributed by atoms with Gasteiger partial charge in [-0.1, -0.05) is 12.1 Å². The zero-order valence-electron chi connectivity index (χ0n) is 13.6. The molecule has 0 aliphatic carbocycles. The topological polar surface area (TPSA) is 61.5 Å². The Hall–Kier alpha value is -2.77. The summed E-state index contributed by atoms with van der Waals surface area (Å²) in [5.74, 6) is 0.755. The first kappa shape index (κ1) is 15.7. The Labute approximate surface area is 148 Å². The van der Waals surface area contributed by atoms with E-state index in [0.717, 1.165) is 28.4 Å². The summed E-state index contributed by atoms with van der Waals surface area (Å²) in [4.78, 5) is 9.48. The normalized spacial score (nSPS) is 11.1. The molecule has 0 bridgehead atoms. The van der Waals surface area contributed by atoms with Crippen molar-refractivity contribution in [3.63, 3.8) is 0 Å². The summed E-state index contributed by atoms with van der Waals surface area (Å²) in [5, 5.41) is 5.00. The van der Waals surface area contributed by atoms with Crippen LogP contribution in [0.4, 0.5) is 0 Å². The molecule has 0 saturated carbocycles. The van der Waals surface area contributed by atoms with Gasteiger partial charge < -0.3 is 9.47 Å². The van der Waals surface area contributed by atoms with Crippen LogP contribution in [0.1, 0.15) is 5.56 Å². The van der Waals surface area contributed by atoms with E-state index in [0.29, 0.717) is 11.8 Å². The highest BCUT2D eigenvalue weighted by Crippen LogP contribution is 2.29. The van der Waals surface area contributed by atoms with E-state index in [-0.39, 0.29) is 0 Å². The molecule has 4 aromatic rings. The van der Waals surface area contributed by atoms with E-state index in [1.165, 1.54) is 16.9 Å². The third kappa shape index (κ3) is 3.52. The van der Waals surface area contributed by atoms with Gasteiger partial charge in [-0.2, -0.15) is 0 Å². The van der Waals surface area contributed by atoms with Crippen molar-refractivity contribution in [3.8, 4) is 22.2 Å². The molecular weight excluding hydrogens is 336 g/mol. The average molecular weight is 352 g/mol. The summed E-state index contributed by atoms with van der Waals surface area (Å²) < 4.78 is 12.6. The molecule has 0 saturated heterocycles. The minimum Gasteiger partial charge on any atom is -0.430 e. The van der Waals surface area contributed by atoms with Gasteiger partial charge in [-0.3, -0.25) is 4.98 Å². The lowest BCUT2D eigenvalue weighted by Crippen LogP contribution is -1.94. The summed E-state index contributed by atoms with van der Waals surface area (Å²) >= 11 is 1.40. The van der Waals surface area contributed by atoms with Crippen LogP contribution in [0.3, 0.4) is 0 Å². The van der Waals surface area contributed by atoms with Crippen LogP contribution >= 0.6 is 11.3 Å². The van der Waals surface area contributed by atoms with Crippen LogP contribution in [0.25, 0.3) is 16.2 Å². The number of nitrogens with zero attached hydrogens (tertiary/aromatic N) is 4. The van der Waals surface area contributed by atoms with E-state index in [1.54, 1.807) is 24.0 Å². The fourth-order valence-electron chi connectivity index (χ4n) is 2.42. The Morgan fingerprint density at radius 2 is 2.04 bits per heavy atom. The number of aromatic nitrogens is 4. The number of pyridine rings is 1. The molecule has 0 unspecified atom stereocenters. The van der Waals surface area contributed by atoms with Crippen molar-refractivity contribution < 1.29 is 9.47 Å². The standard InChI is InChI=1S/C18H16N4O2S/c1-23-10-8-13-4-6-15(7-5-13)24-18-21-22-12-16(20-17(22)25-18)14-3-2-9-19-11-14/h2-7,9,11-12H,8,10H2,1H3. The monoisotopic (exact) mass is 352 g/mol. The van der Waals surface area contributed by atoms with Crippen LogP contribution in [-0.2, 0) is 11.2 Å². The van der Waals surface area contributed by atoms with Crippen molar-refractivity contribution in [2.45, 2.75) is 6.42 Å². The van der Waals surface area contributed by atoms with Crippen LogP contribution in [0.2, 0.25) is 0 Å². The molecular formula is C18H16N4O2S. The van der Waals surface area contributed by atoms with Gasteiger partial charge >= 0.3 is 0 Å². The molecule has 25 heavy (non-hydrogen) atoms. The highest BCUT2D eigenvalue weighted by Gasteiger charge is 2.11. The van der Waals surface area contributed by atoms with E-state index in [1.807, 2.05) is 42.6 Å². The SMILES string of the molecule is COCCc1ccc(Oc2nn3cc(-c4cccnc4)nc3s2)cc1. The molecule has 0 radical (unpaired) electrons. The number of fused-ring (bicyclic) bond motifs is 1. The lowest BCUT2D eigenvalue weighted by atomic mass is 10.1. The van der Waals surface area contributed by atoms with E-state index < -0.39 is 0 Å². The van der Waals surface area contributed by atoms with Gasteiger partial charge in [0.05, 0.1) is 18.5 Å². The third-order valence-electron chi connectivity index (χ3n) is 3.71. The maximum absolute atomic E-state index is 5.83. The van der Waals surface area contributed by atoms with Crippen molar-refractivity contribution in [1.29, 1.82) is 0 Å². The van der Waals surface area contributed by atoms with Gasteiger partial charge in [0.1, 0.15) is 5.75 Å². The molecule has 1 aromatic carbocycles. The molecule has 4 rings (SSSR count). The number of imidazole rings is 1. The van der Waals surface area contributed by atoms with Crippen molar-refractivity contribution in [2.24, 2.45) is 0 Å². The molecule has 7 heteroatoms. The molecule has 6 nitrogen and oxygen atoms in total. The lowest BCUT2D eigenvalue weighted by Gasteiger charge is -2.03. The molecule has 0 aliphatic rings. The number of ether oxygens (including phenoxy) is 2. The van der Waals surface area contributed by atoms with E-state index in [2.05, 4.69) is 15.1 Å². The molecule has 0 amide bonds. The highest BCUT2D eigenvalue weighted by molar-refractivity contribution is 7.18. The summed E-state index contributed by atoms with van der Waals surface area (Å²) in [5.41, 5.74) is 3.03. The smallest absolute Gasteiger partial charge is 0.299 e. The Kier molecular flexibility index (Phi) is 4.41.